The summed E-state index contributed by atoms with van der Waals surface area (Å²) in [4.78, 5) is 17.3. The van der Waals surface area contributed by atoms with Crippen molar-refractivity contribution in [2.24, 2.45) is 0 Å². The summed E-state index contributed by atoms with van der Waals surface area (Å²) in [6.07, 6.45) is 1.56. The van der Waals surface area contributed by atoms with Crippen molar-refractivity contribution in [1.82, 2.24) is 14.8 Å². The number of para-hydroxylation sites is 1. The molecule has 4 aromatic rings. The summed E-state index contributed by atoms with van der Waals surface area (Å²) in [6.45, 7) is 1.86. The zero-order valence-corrected chi connectivity index (χ0v) is 16.4. The second kappa shape index (κ2) is 7.32. The van der Waals surface area contributed by atoms with E-state index in [1.165, 1.54) is 11.3 Å². The number of methoxy groups -OCH3 is 2. The number of aromatic nitrogens is 3. The number of hydrogen-bond acceptors (Lipinski definition) is 6. The minimum atomic E-state index is -0.267. The van der Waals surface area contributed by atoms with Crippen LogP contribution in [-0.2, 0) is 0 Å². The second-order valence-corrected chi connectivity index (χ2v) is 7.01. The molecule has 2 heterocycles. The van der Waals surface area contributed by atoms with Gasteiger partial charge in [0.05, 0.1) is 37.4 Å². The Morgan fingerprint density at radius 1 is 1.07 bits per heavy atom. The van der Waals surface area contributed by atoms with Crippen molar-refractivity contribution in [3.63, 3.8) is 0 Å². The number of ether oxygens (including phenoxy) is 2. The molecular weight excluding hydrogens is 376 g/mol. The monoisotopic (exact) mass is 394 g/mol. The van der Waals surface area contributed by atoms with Crippen LogP contribution in [0.15, 0.2) is 48.7 Å². The molecule has 2 aromatic carbocycles. The number of hydrogen-bond donors (Lipinski definition) is 1. The predicted molar refractivity (Wildman–Crippen MR) is 109 cm³/mol. The van der Waals surface area contributed by atoms with Gasteiger partial charge in [-0.05, 0) is 31.2 Å². The Balaban J connectivity index is 1.65. The van der Waals surface area contributed by atoms with E-state index in [1.807, 2.05) is 43.3 Å². The van der Waals surface area contributed by atoms with Gasteiger partial charge >= 0.3 is 0 Å². The highest BCUT2D eigenvalue weighted by molar-refractivity contribution is 7.22. The van der Waals surface area contributed by atoms with E-state index in [0.29, 0.717) is 27.7 Å². The Labute approximate surface area is 165 Å². The summed E-state index contributed by atoms with van der Waals surface area (Å²) in [7, 11) is 3.18. The van der Waals surface area contributed by atoms with Crippen molar-refractivity contribution in [3.05, 3.63) is 59.9 Å². The first-order valence-electron chi connectivity index (χ1n) is 8.55. The summed E-state index contributed by atoms with van der Waals surface area (Å²) in [5.74, 6) is 1.04. The van der Waals surface area contributed by atoms with Gasteiger partial charge in [0.1, 0.15) is 21.7 Å². The van der Waals surface area contributed by atoms with E-state index in [2.05, 4.69) is 15.4 Å². The largest absolute Gasteiger partial charge is 0.495 e. The van der Waals surface area contributed by atoms with E-state index in [9.17, 15) is 4.79 Å². The fourth-order valence-corrected chi connectivity index (χ4v) is 3.93. The number of carbonyl (C=O) groups excluding carboxylic acids is 1. The van der Waals surface area contributed by atoms with Crippen LogP contribution in [0.3, 0.4) is 0 Å². The molecule has 0 aliphatic carbocycles. The number of carbonyl (C=O) groups is 1. The quantitative estimate of drug-likeness (QED) is 0.552. The van der Waals surface area contributed by atoms with Crippen molar-refractivity contribution in [2.45, 2.75) is 6.92 Å². The molecule has 0 spiro atoms. The molecule has 0 aliphatic rings. The molecule has 0 saturated carbocycles. The van der Waals surface area contributed by atoms with Crippen LogP contribution in [0, 0.1) is 6.92 Å². The number of anilines is 1. The maximum Gasteiger partial charge on any atom is 0.260 e. The van der Waals surface area contributed by atoms with Crippen LogP contribution in [0.1, 0.15) is 16.1 Å². The molecule has 8 heteroatoms. The first-order valence-corrected chi connectivity index (χ1v) is 9.37. The summed E-state index contributed by atoms with van der Waals surface area (Å²) in [5, 5.41) is 7.67. The van der Waals surface area contributed by atoms with E-state index in [1.54, 1.807) is 31.2 Å². The van der Waals surface area contributed by atoms with E-state index in [4.69, 9.17) is 9.47 Å². The maximum absolute atomic E-state index is 12.8. The Morgan fingerprint density at radius 2 is 1.79 bits per heavy atom. The van der Waals surface area contributed by atoms with Gasteiger partial charge in [-0.25, -0.2) is 9.67 Å². The smallest absolute Gasteiger partial charge is 0.260 e. The van der Waals surface area contributed by atoms with Crippen molar-refractivity contribution in [2.75, 3.05) is 19.5 Å². The van der Waals surface area contributed by atoms with E-state index < -0.39 is 0 Å². The maximum atomic E-state index is 12.8. The van der Waals surface area contributed by atoms with Gasteiger partial charge in [0.15, 0.2) is 5.13 Å². The third kappa shape index (κ3) is 3.07. The third-order valence-electron chi connectivity index (χ3n) is 4.39. The number of nitrogens with zero attached hydrogens (tertiary/aromatic N) is 3. The lowest BCUT2D eigenvalue weighted by molar-refractivity contribution is 0.102. The third-order valence-corrected chi connectivity index (χ3v) is 5.37. The van der Waals surface area contributed by atoms with Gasteiger partial charge < -0.3 is 9.47 Å². The molecule has 4 rings (SSSR count). The zero-order chi connectivity index (χ0) is 19.7. The number of nitrogens with one attached hydrogen (secondary N) is 1. The van der Waals surface area contributed by atoms with Crippen molar-refractivity contribution in [3.8, 4) is 17.2 Å². The highest BCUT2D eigenvalue weighted by Gasteiger charge is 2.19. The lowest BCUT2D eigenvalue weighted by Crippen LogP contribution is -2.12. The molecule has 0 saturated heterocycles. The zero-order valence-electron chi connectivity index (χ0n) is 15.6. The SMILES string of the molecule is COc1ccc(OC)c2sc(NC(=O)c3cnn(-c4ccccc4)c3C)nc12. The molecule has 0 aliphatic heterocycles. The minimum Gasteiger partial charge on any atom is -0.495 e. The average Bonchev–Trinajstić information content (AvgIpc) is 3.31. The van der Waals surface area contributed by atoms with Gasteiger partial charge in [0.2, 0.25) is 0 Å². The van der Waals surface area contributed by atoms with Gasteiger partial charge in [-0.1, -0.05) is 29.5 Å². The van der Waals surface area contributed by atoms with Crippen LogP contribution >= 0.6 is 11.3 Å². The molecule has 1 amide bonds. The molecule has 0 unspecified atom stereocenters. The number of rotatable bonds is 5. The fraction of sp³-hybridized carbons (Fsp3) is 0.150. The Bertz CT molecular complexity index is 1110. The van der Waals surface area contributed by atoms with Crippen LogP contribution in [0.2, 0.25) is 0 Å². The summed E-state index contributed by atoms with van der Waals surface area (Å²) in [6, 6.07) is 13.3. The molecule has 0 bridgehead atoms. The molecule has 142 valence electrons. The van der Waals surface area contributed by atoms with Crippen LogP contribution in [-0.4, -0.2) is 34.9 Å². The summed E-state index contributed by atoms with van der Waals surface area (Å²) in [5.41, 5.74) is 2.79. The van der Waals surface area contributed by atoms with E-state index >= 15 is 0 Å². The molecule has 0 atom stereocenters. The van der Waals surface area contributed by atoms with Gasteiger partial charge in [0, 0.05) is 0 Å². The molecule has 28 heavy (non-hydrogen) atoms. The van der Waals surface area contributed by atoms with Crippen molar-refractivity contribution >= 4 is 32.6 Å². The molecule has 2 aromatic heterocycles. The lowest BCUT2D eigenvalue weighted by Gasteiger charge is -2.05. The fourth-order valence-electron chi connectivity index (χ4n) is 2.97. The Kier molecular flexibility index (Phi) is 4.70. The van der Waals surface area contributed by atoms with E-state index in [-0.39, 0.29) is 5.91 Å². The Hall–Kier alpha value is -3.39. The topological polar surface area (TPSA) is 78.3 Å². The number of amides is 1. The van der Waals surface area contributed by atoms with Gasteiger partial charge in [-0.15, -0.1) is 0 Å². The van der Waals surface area contributed by atoms with Crippen molar-refractivity contribution < 1.29 is 14.3 Å². The Morgan fingerprint density at radius 3 is 2.50 bits per heavy atom. The predicted octanol–water partition coefficient (Wildman–Crippen LogP) is 4.06. The van der Waals surface area contributed by atoms with Crippen LogP contribution < -0.4 is 14.8 Å². The highest BCUT2D eigenvalue weighted by Crippen LogP contribution is 2.38. The van der Waals surface area contributed by atoms with Crippen molar-refractivity contribution in [1.29, 1.82) is 0 Å². The normalized spacial score (nSPS) is 10.8. The minimum absolute atomic E-state index is 0.267. The lowest BCUT2D eigenvalue weighted by atomic mass is 10.2. The second-order valence-electron chi connectivity index (χ2n) is 6.01. The first kappa shape index (κ1) is 18.0. The summed E-state index contributed by atoms with van der Waals surface area (Å²) >= 11 is 1.33. The number of thiazole rings is 1. The molecular formula is C20H18N4O3S. The van der Waals surface area contributed by atoms with E-state index in [0.717, 1.165) is 16.1 Å². The summed E-state index contributed by atoms with van der Waals surface area (Å²) < 4.78 is 13.3. The molecule has 0 radical (unpaired) electrons. The van der Waals surface area contributed by atoms with Crippen LogP contribution in [0.25, 0.3) is 15.9 Å². The van der Waals surface area contributed by atoms with Gasteiger partial charge in [0.25, 0.3) is 5.91 Å². The van der Waals surface area contributed by atoms with Gasteiger partial charge in [-0.3, -0.25) is 10.1 Å². The molecule has 1 N–H and O–H groups in total. The molecule has 7 nitrogen and oxygen atoms in total. The molecule has 0 fully saturated rings. The van der Waals surface area contributed by atoms with Gasteiger partial charge in [-0.2, -0.15) is 5.10 Å². The average molecular weight is 394 g/mol. The first-order chi connectivity index (χ1) is 13.6. The number of fused-ring (bicyclic) bond motifs is 1. The number of benzene rings is 2. The highest BCUT2D eigenvalue weighted by atomic mass is 32.1. The van der Waals surface area contributed by atoms with Crippen LogP contribution in [0.4, 0.5) is 5.13 Å². The van der Waals surface area contributed by atoms with Crippen LogP contribution in [0.5, 0.6) is 11.5 Å². The standard InChI is InChI=1S/C20H18N4O3S/c1-12-14(11-21-24(12)13-7-5-4-6-8-13)19(25)23-20-22-17-15(26-2)9-10-16(27-3)18(17)28-20/h4-11H,1-3H3,(H,22,23,25).